The van der Waals surface area contributed by atoms with Crippen molar-refractivity contribution in [3.05, 3.63) is 64.7 Å². The van der Waals surface area contributed by atoms with Gasteiger partial charge in [-0.05, 0) is 5.56 Å². The molecule has 0 fully saturated rings. The van der Waals surface area contributed by atoms with Crippen molar-refractivity contribution in [3.63, 3.8) is 0 Å². The first-order chi connectivity index (χ1) is 9.93. The van der Waals surface area contributed by atoms with Crippen LogP contribution in [0.25, 0.3) is 0 Å². The summed E-state index contributed by atoms with van der Waals surface area (Å²) in [7, 11) is 0. The minimum Gasteiger partial charge on any atom is -0.503 e. The number of ether oxygens (including phenoxy) is 1. The molecular weight excluding hydrogens is 292 g/mol. The number of hydrogen-bond donors (Lipinski definition) is 1. The molecule has 2 aromatic rings. The van der Waals surface area contributed by atoms with Crippen LogP contribution in [-0.4, -0.2) is 11.1 Å². The first-order valence-electron chi connectivity index (χ1n) is 5.69. The molecule has 0 saturated heterocycles. The summed E-state index contributed by atoms with van der Waals surface area (Å²) < 4.78 is 57.7. The van der Waals surface area contributed by atoms with Gasteiger partial charge in [0.15, 0.2) is 17.4 Å². The van der Waals surface area contributed by atoms with Gasteiger partial charge in [-0.1, -0.05) is 30.3 Å². The van der Waals surface area contributed by atoms with Crippen molar-refractivity contribution in [1.82, 2.24) is 0 Å². The van der Waals surface area contributed by atoms with Crippen molar-refractivity contribution in [1.29, 1.82) is 0 Å². The van der Waals surface area contributed by atoms with E-state index in [9.17, 15) is 22.4 Å². The highest BCUT2D eigenvalue weighted by Crippen LogP contribution is 2.29. The molecule has 0 amide bonds. The van der Waals surface area contributed by atoms with Crippen LogP contribution in [0.4, 0.5) is 17.6 Å². The predicted octanol–water partition coefficient (Wildman–Crippen LogP) is 3.31. The van der Waals surface area contributed by atoms with E-state index in [0.29, 0.717) is 5.56 Å². The van der Waals surface area contributed by atoms with E-state index < -0.39 is 40.6 Å². The molecule has 0 saturated carbocycles. The van der Waals surface area contributed by atoms with E-state index in [2.05, 4.69) is 4.74 Å². The highest BCUT2D eigenvalue weighted by molar-refractivity contribution is 5.90. The Bertz CT molecular complexity index is 657. The molecule has 7 heteroatoms. The highest BCUT2D eigenvalue weighted by atomic mass is 19.2. The summed E-state index contributed by atoms with van der Waals surface area (Å²) in [6.45, 7) is -0.331. The van der Waals surface area contributed by atoms with Gasteiger partial charge in [-0.3, -0.25) is 0 Å². The van der Waals surface area contributed by atoms with Gasteiger partial charge in [-0.25, -0.2) is 13.6 Å². The molecular formula is C14H8F4O3. The van der Waals surface area contributed by atoms with Crippen LogP contribution in [0.15, 0.2) is 30.3 Å². The number of rotatable bonds is 3. The number of carbonyl (C=O) groups is 1. The number of halogens is 4. The molecule has 0 bridgehead atoms. The number of carbonyl (C=O) groups excluding carboxylic acids is 1. The van der Waals surface area contributed by atoms with Gasteiger partial charge in [0, 0.05) is 0 Å². The average molecular weight is 300 g/mol. The van der Waals surface area contributed by atoms with E-state index in [0.717, 1.165) is 0 Å². The molecule has 3 nitrogen and oxygen atoms in total. The average Bonchev–Trinajstić information content (AvgIpc) is 2.50. The monoisotopic (exact) mass is 300 g/mol. The Balaban J connectivity index is 2.28. The molecule has 0 aliphatic heterocycles. The molecule has 0 aromatic heterocycles. The Labute approximate surface area is 116 Å². The van der Waals surface area contributed by atoms with Crippen LogP contribution < -0.4 is 0 Å². The van der Waals surface area contributed by atoms with Gasteiger partial charge in [-0.2, -0.15) is 8.78 Å². The smallest absolute Gasteiger partial charge is 0.344 e. The molecule has 2 rings (SSSR count). The number of phenolic OH excluding ortho intramolecular Hbond substituents is 1. The van der Waals surface area contributed by atoms with Crippen LogP contribution in [-0.2, 0) is 11.3 Å². The van der Waals surface area contributed by atoms with Crippen molar-refractivity contribution in [2.24, 2.45) is 0 Å². The SMILES string of the molecule is O=C(OCc1ccccc1)c1c(F)c(F)c(O)c(F)c1F. The summed E-state index contributed by atoms with van der Waals surface area (Å²) in [6.07, 6.45) is 0. The normalized spacial score (nSPS) is 10.5. The molecule has 0 heterocycles. The van der Waals surface area contributed by atoms with Gasteiger partial charge in [0.25, 0.3) is 0 Å². The summed E-state index contributed by atoms with van der Waals surface area (Å²) in [6, 6.07) is 8.15. The number of esters is 1. The fourth-order valence-corrected chi connectivity index (χ4v) is 1.59. The second-order valence-corrected chi connectivity index (χ2v) is 4.04. The third-order valence-electron chi connectivity index (χ3n) is 2.66. The maximum atomic E-state index is 13.4. The van der Waals surface area contributed by atoms with Crippen molar-refractivity contribution in [3.8, 4) is 5.75 Å². The Kier molecular flexibility index (Phi) is 4.11. The lowest BCUT2D eigenvalue weighted by atomic mass is 10.1. The van der Waals surface area contributed by atoms with Crippen LogP contribution in [0, 0.1) is 23.3 Å². The molecule has 0 unspecified atom stereocenters. The molecule has 1 N–H and O–H groups in total. The number of phenols is 1. The lowest BCUT2D eigenvalue weighted by Crippen LogP contribution is -2.13. The van der Waals surface area contributed by atoms with Crippen molar-refractivity contribution >= 4 is 5.97 Å². The topological polar surface area (TPSA) is 46.5 Å². The lowest BCUT2D eigenvalue weighted by molar-refractivity contribution is 0.0458. The predicted molar refractivity (Wildman–Crippen MR) is 63.5 cm³/mol. The van der Waals surface area contributed by atoms with Crippen LogP contribution in [0.2, 0.25) is 0 Å². The van der Waals surface area contributed by atoms with Gasteiger partial charge >= 0.3 is 5.97 Å². The van der Waals surface area contributed by atoms with Gasteiger partial charge in [0.05, 0.1) is 0 Å². The van der Waals surface area contributed by atoms with E-state index in [1.165, 1.54) is 0 Å². The van der Waals surface area contributed by atoms with Crippen molar-refractivity contribution < 1.29 is 32.2 Å². The largest absolute Gasteiger partial charge is 0.503 e. The van der Waals surface area contributed by atoms with E-state index >= 15 is 0 Å². The zero-order valence-electron chi connectivity index (χ0n) is 10.4. The fourth-order valence-electron chi connectivity index (χ4n) is 1.59. The van der Waals surface area contributed by atoms with E-state index in [1.54, 1.807) is 30.3 Å². The molecule has 0 atom stereocenters. The lowest BCUT2D eigenvalue weighted by Gasteiger charge is -2.09. The summed E-state index contributed by atoms with van der Waals surface area (Å²) in [4.78, 5) is 11.6. The van der Waals surface area contributed by atoms with Gasteiger partial charge in [0.1, 0.15) is 12.2 Å². The zero-order valence-corrected chi connectivity index (χ0v) is 10.4. The Hall–Kier alpha value is -2.57. The van der Waals surface area contributed by atoms with Crippen molar-refractivity contribution in [2.45, 2.75) is 6.61 Å². The summed E-state index contributed by atoms with van der Waals surface area (Å²) in [5.74, 6) is -11.5. The first-order valence-corrected chi connectivity index (χ1v) is 5.69. The number of hydrogen-bond acceptors (Lipinski definition) is 3. The third kappa shape index (κ3) is 2.81. The summed E-state index contributed by atoms with van der Waals surface area (Å²) in [5.41, 5.74) is -1.01. The van der Waals surface area contributed by atoms with E-state index in [1.807, 2.05) is 0 Å². The molecule has 0 aliphatic rings. The number of aromatic hydroxyl groups is 1. The molecule has 0 spiro atoms. The third-order valence-corrected chi connectivity index (χ3v) is 2.66. The first kappa shape index (κ1) is 14.8. The minimum atomic E-state index is -2.06. The quantitative estimate of drug-likeness (QED) is 0.537. The zero-order chi connectivity index (χ0) is 15.6. The van der Waals surface area contributed by atoms with Gasteiger partial charge in [0.2, 0.25) is 11.6 Å². The second-order valence-electron chi connectivity index (χ2n) is 4.04. The summed E-state index contributed by atoms with van der Waals surface area (Å²) in [5, 5.41) is 8.80. The van der Waals surface area contributed by atoms with Crippen LogP contribution in [0.5, 0.6) is 5.75 Å². The van der Waals surface area contributed by atoms with Crippen LogP contribution >= 0.6 is 0 Å². The Morgan fingerprint density at radius 1 is 0.952 bits per heavy atom. The fraction of sp³-hybridized carbons (Fsp3) is 0.0714. The Morgan fingerprint density at radius 3 is 2.00 bits per heavy atom. The van der Waals surface area contributed by atoms with Crippen LogP contribution in [0.1, 0.15) is 15.9 Å². The minimum absolute atomic E-state index is 0.331. The molecule has 110 valence electrons. The van der Waals surface area contributed by atoms with E-state index in [-0.39, 0.29) is 6.61 Å². The number of benzene rings is 2. The molecule has 0 radical (unpaired) electrons. The second kappa shape index (κ2) is 5.82. The standard InChI is InChI=1S/C14H8F4O3/c15-9-8(10(16)12(18)13(19)11(9)17)14(20)21-6-7-4-2-1-3-5-7/h1-5,19H,6H2. The molecule has 21 heavy (non-hydrogen) atoms. The van der Waals surface area contributed by atoms with Crippen molar-refractivity contribution in [2.75, 3.05) is 0 Å². The Morgan fingerprint density at radius 2 is 1.48 bits per heavy atom. The highest BCUT2D eigenvalue weighted by Gasteiger charge is 2.30. The summed E-state index contributed by atoms with van der Waals surface area (Å²) >= 11 is 0. The maximum absolute atomic E-state index is 13.4. The molecule has 0 aliphatic carbocycles. The maximum Gasteiger partial charge on any atom is 0.344 e. The molecule has 2 aromatic carbocycles. The van der Waals surface area contributed by atoms with Crippen LogP contribution in [0.3, 0.4) is 0 Å². The van der Waals surface area contributed by atoms with E-state index in [4.69, 9.17) is 5.11 Å². The van der Waals surface area contributed by atoms with Gasteiger partial charge < -0.3 is 9.84 Å². The van der Waals surface area contributed by atoms with Gasteiger partial charge in [-0.15, -0.1) is 0 Å².